The number of carboxylic acids is 1. The fourth-order valence-corrected chi connectivity index (χ4v) is 6.57. The van der Waals surface area contributed by atoms with Gasteiger partial charge in [-0.25, -0.2) is 8.42 Å². The average molecular weight is 544 g/mol. The van der Waals surface area contributed by atoms with Crippen LogP contribution in [0.15, 0.2) is 42.5 Å². The number of nitrogens with zero attached hydrogens (tertiary/aromatic N) is 1. The van der Waals surface area contributed by atoms with Crippen LogP contribution in [0.2, 0.25) is 10.0 Å². The van der Waals surface area contributed by atoms with Crippen LogP contribution in [0.3, 0.4) is 0 Å². The molecule has 0 spiro atoms. The largest absolute Gasteiger partial charge is 0.480 e. The number of hydrogen-bond donors (Lipinski definition) is 1. The van der Waals surface area contributed by atoms with Crippen molar-refractivity contribution < 1.29 is 32.6 Å². The second-order valence-corrected chi connectivity index (χ2v) is 11.0. The molecule has 0 radical (unpaired) electrons. The molecule has 1 heterocycles. The highest BCUT2D eigenvalue weighted by atomic mass is 35.5. The third-order valence-corrected chi connectivity index (χ3v) is 8.76. The smallest absolute Gasteiger partial charge is 0.327 e. The monoisotopic (exact) mass is 543 g/mol. The summed E-state index contributed by atoms with van der Waals surface area (Å²) in [6.07, 6.45) is 3.34. The second-order valence-electron chi connectivity index (χ2n) is 8.22. The molecule has 3 rings (SSSR count). The van der Waals surface area contributed by atoms with Crippen LogP contribution in [-0.2, 0) is 24.3 Å². The highest BCUT2D eigenvalue weighted by Crippen LogP contribution is 2.46. The van der Waals surface area contributed by atoms with Gasteiger partial charge in [0, 0.05) is 6.07 Å². The Morgan fingerprint density at radius 2 is 1.77 bits per heavy atom. The summed E-state index contributed by atoms with van der Waals surface area (Å²) in [5.41, 5.74) is 0.410. The van der Waals surface area contributed by atoms with Crippen LogP contribution in [-0.4, -0.2) is 48.2 Å². The Morgan fingerprint density at radius 3 is 2.40 bits per heavy atom. The third-order valence-electron chi connectivity index (χ3n) is 5.86. The van der Waals surface area contributed by atoms with Crippen LogP contribution < -0.4 is 4.74 Å². The van der Waals surface area contributed by atoms with Crippen molar-refractivity contribution in [1.82, 2.24) is 4.31 Å². The summed E-state index contributed by atoms with van der Waals surface area (Å²) in [5.74, 6) is -1.46. The van der Waals surface area contributed by atoms with Crippen molar-refractivity contribution in [1.29, 1.82) is 0 Å². The fourth-order valence-electron chi connectivity index (χ4n) is 4.15. The van der Waals surface area contributed by atoms with Crippen LogP contribution >= 0.6 is 23.2 Å². The van der Waals surface area contributed by atoms with Gasteiger partial charge in [-0.1, -0.05) is 67.9 Å². The first kappa shape index (κ1) is 27.3. The summed E-state index contributed by atoms with van der Waals surface area (Å²) in [5, 5.41) is 8.99. The van der Waals surface area contributed by atoms with Crippen molar-refractivity contribution in [3.05, 3.63) is 58.1 Å². The standard InChI is InChI=1S/C24H27Cl2NO7S/c1-3-4-5-6-10-20(23(28)29)27-21(22(24(30)33-2)35(27,31)32)15-8-7-9-16(13-15)34-17-11-12-18(25)19(26)14-17/h7-9,11-14,20-22H,3-6,10H2,1-2H3,(H,28,29)/t20?,21-,22+/m0/s1. The Labute approximate surface area is 214 Å². The highest BCUT2D eigenvalue weighted by molar-refractivity contribution is 7.92. The quantitative estimate of drug-likeness (QED) is 0.296. The van der Waals surface area contributed by atoms with Gasteiger partial charge in [0.05, 0.1) is 23.2 Å². The number of carbonyl (C=O) groups is 2. The number of halogens is 2. The van der Waals surface area contributed by atoms with E-state index in [4.69, 9.17) is 32.7 Å². The molecule has 3 atom stereocenters. The lowest BCUT2D eigenvalue weighted by Crippen LogP contribution is -2.66. The molecule has 1 N–H and O–H groups in total. The van der Waals surface area contributed by atoms with Gasteiger partial charge >= 0.3 is 11.9 Å². The molecule has 2 aromatic carbocycles. The molecule has 1 fully saturated rings. The lowest BCUT2D eigenvalue weighted by atomic mass is 9.99. The number of esters is 1. The highest BCUT2D eigenvalue weighted by Gasteiger charge is 2.62. The zero-order chi connectivity index (χ0) is 25.8. The molecule has 35 heavy (non-hydrogen) atoms. The molecular weight excluding hydrogens is 517 g/mol. The Morgan fingerprint density at radius 1 is 1.06 bits per heavy atom. The fraction of sp³-hybridized carbons (Fsp3) is 0.417. The number of aliphatic carboxylic acids is 1. The molecule has 190 valence electrons. The Kier molecular flexibility index (Phi) is 9.04. The molecule has 2 aromatic rings. The number of hydrogen-bond acceptors (Lipinski definition) is 6. The van der Waals surface area contributed by atoms with E-state index in [1.54, 1.807) is 36.4 Å². The minimum Gasteiger partial charge on any atom is -0.480 e. The van der Waals surface area contributed by atoms with Gasteiger partial charge in [0.2, 0.25) is 10.0 Å². The number of carbonyl (C=O) groups excluding carboxylic acids is 1. The maximum Gasteiger partial charge on any atom is 0.327 e. The van der Waals surface area contributed by atoms with E-state index in [1.807, 2.05) is 6.92 Å². The van der Waals surface area contributed by atoms with E-state index >= 15 is 0 Å². The van der Waals surface area contributed by atoms with Gasteiger partial charge in [-0.05, 0) is 36.2 Å². The predicted molar refractivity (Wildman–Crippen MR) is 132 cm³/mol. The van der Waals surface area contributed by atoms with E-state index in [2.05, 4.69) is 0 Å². The van der Waals surface area contributed by atoms with Gasteiger partial charge in [0.25, 0.3) is 0 Å². The van der Waals surface area contributed by atoms with E-state index < -0.39 is 39.3 Å². The number of sulfonamides is 1. The Hall–Kier alpha value is -2.33. The molecule has 1 aliphatic rings. The van der Waals surface area contributed by atoms with Gasteiger partial charge in [0.1, 0.15) is 17.5 Å². The normalized spacial score (nSPS) is 20.0. The lowest BCUT2D eigenvalue weighted by Gasteiger charge is -2.47. The Bertz CT molecular complexity index is 1190. The maximum atomic E-state index is 13.1. The molecule has 0 aliphatic carbocycles. The minimum absolute atomic E-state index is 0.137. The number of benzene rings is 2. The second kappa shape index (κ2) is 11.6. The molecule has 0 saturated carbocycles. The molecule has 1 aliphatic heterocycles. The molecule has 1 saturated heterocycles. The number of unbranched alkanes of at least 4 members (excludes halogenated alkanes) is 3. The predicted octanol–water partition coefficient (Wildman–Crippen LogP) is 5.44. The van der Waals surface area contributed by atoms with Crippen molar-refractivity contribution in [2.24, 2.45) is 0 Å². The molecular formula is C24H27Cl2NO7S. The van der Waals surface area contributed by atoms with Crippen molar-refractivity contribution in [2.45, 2.75) is 56.4 Å². The van der Waals surface area contributed by atoms with Crippen molar-refractivity contribution in [3.63, 3.8) is 0 Å². The SMILES string of the molecule is CCCCCCC(C(=O)O)N1[C@@H](c2cccc(Oc3ccc(Cl)c(Cl)c3)c2)[C@H](C(=O)OC)S1(=O)=O. The molecule has 11 heteroatoms. The molecule has 0 amide bonds. The zero-order valence-electron chi connectivity index (χ0n) is 19.3. The maximum absolute atomic E-state index is 13.1. The van der Waals surface area contributed by atoms with Crippen molar-refractivity contribution in [2.75, 3.05) is 7.11 Å². The number of carboxylic acid groups (broad SMARTS) is 1. The van der Waals surface area contributed by atoms with Crippen molar-refractivity contribution >= 4 is 45.2 Å². The number of ether oxygens (including phenoxy) is 2. The van der Waals surface area contributed by atoms with Gasteiger partial charge in [-0.2, -0.15) is 4.31 Å². The van der Waals surface area contributed by atoms with Gasteiger partial charge in [-0.15, -0.1) is 0 Å². The van der Waals surface area contributed by atoms with Crippen LogP contribution in [0.25, 0.3) is 0 Å². The van der Waals surface area contributed by atoms with E-state index in [0.717, 1.165) is 30.7 Å². The summed E-state index contributed by atoms with van der Waals surface area (Å²) in [6.45, 7) is 2.03. The molecule has 1 unspecified atom stereocenters. The van der Waals surface area contributed by atoms with E-state index in [0.29, 0.717) is 33.5 Å². The summed E-state index contributed by atoms with van der Waals surface area (Å²) >= 11 is 12.0. The van der Waals surface area contributed by atoms with E-state index in [-0.39, 0.29) is 6.42 Å². The van der Waals surface area contributed by atoms with Crippen LogP contribution in [0.4, 0.5) is 0 Å². The lowest BCUT2D eigenvalue weighted by molar-refractivity contribution is -0.147. The van der Waals surface area contributed by atoms with Crippen molar-refractivity contribution in [3.8, 4) is 11.5 Å². The number of rotatable bonds is 11. The molecule has 8 nitrogen and oxygen atoms in total. The number of methoxy groups -OCH3 is 1. The van der Waals surface area contributed by atoms with Crippen LogP contribution in [0.5, 0.6) is 11.5 Å². The topological polar surface area (TPSA) is 110 Å². The first-order valence-electron chi connectivity index (χ1n) is 11.2. The Balaban J connectivity index is 1.96. The first-order valence-corrected chi connectivity index (χ1v) is 13.4. The first-order chi connectivity index (χ1) is 16.6. The minimum atomic E-state index is -4.24. The van der Waals surface area contributed by atoms with Gasteiger partial charge in [-0.3, -0.25) is 9.59 Å². The van der Waals surface area contributed by atoms with Gasteiger partial charge < -0.3 is 14.6 Å². The molecule has 0 bridgehead atoms. The summed E-state index contributed by atoms with van der Waals surface area (Å²) in [7, 11) is -3.14. The van der Waals surface area contributed by atoms with Crippen LogP contribution in [0.1, 0.15) is 50.6 Å². The third kappa shape index (κ3) is 5.91. The summed E-state index contributed by atoms with van der Waals surface area (Å²) in [4.78, 5) is 24.5. The van der Waals surface area contributed by atoms with E-state index in [1.165, 1.54) is 6.07 Å². The summed E-state index contributed by atoms with van der Waals surface area (Å²) in [6, 6.07) is 8.86. The van der Waals surface area contributed by atoms with Crippen LogP contribution in [0, 0.1) is 0 Å². The molecule has 0 aromatic heterocycles. The zero-order valence-corrected chi connectivity index (χ0v) is 21.6. The van der Waals surface area contributed by atoms with E-state index in [9.17, 15) is 23.1 Å². The summed E-state index contributed by atoms with van der Waals surface area (Å²) < 4.78 is 37.7. The average Bonchev–Trinajstić information content (AvgIpc) is 2.81. The van der Waals surface area contributed by atoms with Gasteiger partial charge in [0.15, 0.2) is 5.25 Å².